The van der Waals surface area contributed by atoms with E-state index < -0.39 is 0 Å². The van der Waals surface area contributed by atoms with E-state index in [-0.39, 0.29) is 39.2 Å². The van der Waals surface area contributed by atoms with Gasteiger partial charge in [-0.15, -0.1) is 0 Å². The number of aryl methyl sites for hydroxylation is 2. The molecule has 0 N–H and O–H groups in total. The van der Waals surface area contributed by atoms with Crippen LogP contribution in [0.2, 0.25) is 0 Å². The Morgan fingerprint density at radius 2 is 0.908 bits per heavy atom. The van der Waals surface area contributed by atoms with Crippen molar-refractivity contribution in [2.75, 3.05) is 9.80 Å². The molecule has 6 aromatic rings. The quantitative estimate of drug-likeness (QED) is 0.163. The number of anilines is 6. The van der Waals surface area contributed by atoms with E-state index in [0.717, 1.165) is 6.42 Å². The zero-order valence-corrected chi connectivity index (χ0v) is 42.2. The van der Waals surface area contributed by atoms with Gasteiger partial charge < -0.3 is 9.80 Å². The van der Waals surface area contributed by atoms with Crippen LogP contribution in [0.3, 0.4) is 0 Å². The second-order valence-corrected chi connectivity index (χ2v) is 25.2. The fourth-order valence-corrected chi connectivity index (χ4v) is 14.1. The molecule has 2 nitrogen and oxygen atoms in total. The summed E-state index contributed by atoms with van der Waals surface area (Å²) in [5.74, 6) is 0. The van der Waals surface area contributed by atoms with E-state index in [1.165, 1.54) is 137 Å². The van der Waals surface area contributed by atoms with Crippen LogP contribution in [0, 0.1) is 20.8 Å². The Morgan fingerprint density at radius 1 is 0.400 bits per heavy atom. The minimum atomic E-state index is 0.0475. The molecule has 11 rings (SSSR count). The molecule has 2 aliphatic heterocycles. The molecule has 332 valence electrons. The Labute approximate surface area is 392 Å². The van der Waals surface area contributed by atoms with Gasteiger partial charge in [-0.25, -0.2) is 0 Å². The van der Waals surface area contributed by atoms with Gasteiger partial charge in [-0.1, -0.05) is 144 Å². The van der Waals surface area contributed by atoms with Gasteiger partial charge in [0.15, 0.2) is 0 Å². The van der Waals surface area contributed by atoms with Crippen LogP contribution in [0.15, 0.2) is 97.1 Å². The van der Waals surface area contributed by atoms with Crippen LogP contribution in [-0.4, -0.2) is 6.71 Å². The van der Waals surface area contributed by atoms with E-state index >= 15 is 0 Å². The lowest BCUT2D eigenvalue weighted by molar-refractivity contribution is 0.331. The topological polar surface area (TPSA) is 6.48 Å². The first-order chi connectivity index (χ1) is 30.4. The van der Waals surface area contributed by atoms with Crippen LogP contribution >= 0.6 is 0 Å². The minimum Gasteiger partial charge on any atom is -0.311 e. The van der Waals surface area contributed by atoms with Crippen LogP contribution in [0.4, 0.5) is 34.1 Å². The van der Waals surface area contributed by atoms with Gasteiger partial charge in [-0.05, 0) is 199 Å². The molecule has 0 saturated carbocycles. The van der Waals surface area contributed by atoms with Crippen molar-refractivity contribution in [3.8, 4) is 11.1 Å². The van der Waals surface area contributed by atoms with Gasteiger partial charge in [0, 0.05) is 34.1 Å². The van der Waals surface area contributed by atoms with Crippen LogP contribution in [0.5, 0.6) is 0 Å². The van der Waals surface area contributed by atoms with E-state index in [0.29, 0.717) is 0 Å². The molecule has 5 aliphatic rings. The van der Waals surface area contributed by atoms with E-state index in [1.54, 1.807) is 0 Å². The maximum absolute atomic E-state index is 2.74. The molecule has 0 atom stereocenters. The van der Waals surface area contributed by atoms with Crippen molar-refractivity contribution < 1.29 is 0 Å². The van der Waals surface area contributed by atoms with Crippen LogP contribution < -0.4 is 26.2 Å². The number of hydrogen-bond acceptors (Lipinski definition) is 2. The van der Waals surface area contributed by atoms with Gasteiger partial charge in [0.25, 0.3) is 6.71 Å². The third-order valence-corrected chi connectivity index (χ3v) is 17.7. The van der Waals surface area contributed by atoms with Crippen molar-refractivity contribution in [2.24, 2.45) is 0 Å². The monoisotopic (exact) mass is 855 g/mol. The maximum Gasteiger partial charge on any atom is 0.252 e. The van der Waals surface area contributed by atoms with Crippen molar-refractivity contribution in [3.63, 3.8) is 0 Å². The summed E-state index contributed by atoms with van der Waals surface area (Å²) < 4.78 is 0. The van der Waals surface area contributed by atoms with Crippen LogP contribution in [0.1, 0.15) is 165 Å². The minimum absolute atomic E-state index is 0.0475. The molecule has 6 aromatic carbocycles. The van der Waals surface area contributed by atoms with Crippen molar-refractivity contribution in [2.45, 2.75) is 168 Å². The molecule has 0 saturated heterocycles. The molecular formula is C62H71BN2. The van der Waals surface area contributed by atoms with Crippen molar-refractivity contribution in [1.29, 1.82) is 0 Å². The Hall–Kier alpha value is -5.02. The van der Waals surface area contributed by atoms with E-state index in [4.69, 9.17) is 0 Å². The summed E-state index contributed by atoms with van der Waals surface area (Å²) in [5, 5.41) is 0. The average molecular weight is 855 g/mol. The highest BCUT2D eigenvalue weighted by Gasteiger charge is 2.49. The largest absolute Gasteiger partial charge is 0.311 e. The summed E-state index contributed by atoms with van der Waals surface area (Å²) in [4.78, 5) is 5.43. The van der Waals surface area contributed by atoms with Gasteiger partial charge in [-0.2, -0.15) is 0 Å². The number of rotatable bonds is 3. The molecule has 65 heavy (non-hydrogen) atoms. The van der Waals surface area contributed by atoms with Crippen molar-refractivity contribution in [1.82, 2.24) is 0 Å². The lowest BCUT2D eigenvalue weighted by Gasteiger charge is -2.48. The summed E-state index contributed by atoms with van der Waals surface area (Å²) >= 11 is 0. The highest BCUT2D eigenvalue weighted by atomic mass is 15.2. The number of hydrogen-bond donors (Lipinski definition) is 0. The number of benzene rings is 6. The number of nitrogens with zero attached hydrogens (tertiary/aromatic N) is 2. The predicted octanol–water partition coefficient (Wildman–Crippen LogP) is 15.0. The Bertz CT molecular complexity index is 3010. The molecule has 0 unspecified atom stereocenters. The highest BCUT2D eigenvalue weighted by molar-refractivity contribution is 7.00. The fraction of sp³-hybridized carbons (Fsp3) is 0.419. The third-order valence-electron chi connectivity index (χ3n) is 17.7. The third kappa shape index (κ3) is 6.11. The van der Waals surface area contributed by atoms with E-state index in [9.17, 15) is 0 Å². The Balaban J connectivity index is 1.27. The summed E-state index contributed by atoms with van der Waals surface area (Å²) in [6.07, 6.45) is 5.91. The fourth-order valence-electron chi connectivity index (χ4n) is 14.1. The molecule has 2 heterocycles. The molecule has 0 amide bonds. The van der Waals surface area contributed by atoms with Crippen molar-refractivity contribution in [3.05, 3.63) is 147 Å². The first kappa shape index (κ1) is 42.6. The second-order valence-electron chi connectivity index (χ2n) is 25.2. The molecule has 0 bridgehead atoms. The Morgan fingerprint density at radius 3 is 1.51 bits per heavy atom. The molecule has 0 radical (unpaired) electrons. The summed E-state index contributed by atoms with van der Waals surface area (Å²) in [5.41, 5.74) is 28.4. The Kier molecular flexibility index (Phi) is 8.88. The van der Waals surface area contributed by atoms with Crippen LogP contribution in [-0.2, 0) is 32.5 Å². The SMILES string of the molecule is Cc1cc2c3c(c1)N(c1ccc4c(c1C)C(C)(C)CC4(C)C)c1ccc(-c4ccccc4)cc1B3c1cc3c(cc1N2c1cc2c(cc1C)C(C)(C)CCC2(C)C)C(C)(C)CCC3(C)C. The van der Waals surface area contributed by atoms with Gasteiger partial charge in [-0.3, -0.25) is 0 Å². The normalized spacial score (nSPS) is 20.6. The van der Waals surface area contributed by atoms with Gasteiger partial charge in [0.05, 0.1) is 0 Å². The summed E-state index contributed by atoms with van der Waals surface area (Å²) in [6, 6.07) is 39.0. The predicted molar refractivity (Wildman–Crippen MR) is 281 cm³/mol. The van der Waals surface area contributed by atoms with E-state index in [2.05, 4.69) is 211 Å². The number of fused-ring (bicyclic) bond motifs is 7. The van der Waals surface area contributed by atoms with E-state index in [1.807, 2.05) is 0 Å². The molecule has 3 aliphatic carbocycles. The maximum atomic E-state index is 2.74. The first-order valence-corrected chi connectivity index (χ1v) is 24.9. The summed E-state index contributed by atoms with van der Waals surface area (Å²) in [6.45, 7) is 36.9. The zero-order valence-electron chi connectivity index (χ0n) is 42.2. The zero-order chi connectivity index (χ0) is 46.1. The summed E-state index contributed by atoms with van der Waals surface area (Å²) in [7, 11) is 0. The van der Waals surface area contributed by atoms with Gasteiger partial charge in [0.2, 0.25) is 0 Å². The molecule has 3 heteroatoms. The average Bonchev–Trinajstić information content (AvgIpc) is 3.44. The molecule has 0 aromatic heterocycles. The van der Waals surface area contributed by atoms with Crippen LogP contribution in [0.25, 0.3) is 11.1 Å². The molecule has 0 fully saturated rings. The lowest BCUT2D eigenvalue weighted by atomic mass is 9.33. The standard InChI is InChI=1S/C62H71BN2/c1-37-29-53-56-54(30-37)65(51-34-45-43(31-38(51)2)57(4,5)25-27-59(45,8)9)52-35-46-44(58(6,7)26-28-60(46,10)11)33-48(52)63(56)47-32-41(40-19-17-16-18-20-40)21-23-50(47)64(53)49-24-22-42-55(39(49)3)62(14,15)36-61(42,12)13/h16-24,29-35H,25-28,36H2,1-15H3. The second kappa shape index (κ2) is 13.5. The molecular weight excluding hydrogens is 784 g/mol. The highest BCUT2D eigenvalue weighted by Crippen LogP contribution is 2.56. The first-order valence-electron chi connectivity index (χ1n) is 24.9. The van der Waals surface area contributed by atoms with Gasteiger partial charge in [0.1, 0.15) is 0 Å². The van der Waals surface area contributed by atoms with Crippen molar-refractivity contribution >= 4 is 57.2 Å². The van der Waals surface area contributed by atoms with Gasteiger partial charge >= 0.3 is 0 Å². The smallest absolute Gasteiger partial charge is 0.252 e. The molecule has 0 spiro atoms. The lowest BCUT2D eigenvalue weighted by Crippen LogP contribution is -2.62.